The van der Waals surface area contributed by atoms with Crippen molar-refractivity contribution in [3.8, 4) is 0 Å². The molecule has 1 saturated carbocycles. The molecule has 0 aromatic heterocycles. The summed E-state index contributed by atoms with van der Waals surface area (Å²) >= 11 is 0. The average Bonchev–Trinajstić information content (AvgIpc) is 2.65. The van der Waals surface area contributed by atoms with Crippen molar-refractivity contribution in [2.45, 2.75) is 45.6 Å². The van der Waals surface area contributed by atoms with Crippen LogP contribution in [0.3, 0.4) is 0 Å². The summed E-state index contributed by atoms with van der Waals surface area (Å²) < 4.78 is 0. The van der Waals surface area contributed by atoms with E-state index in [9.17, 15) is 0 Å². The highest BCUT2D eigenvalue weighted by Gasteiger charge is 2.30. The molecule has 1 aliphatic heterocycles. The summed E-state index contributed by atoms with van der Waals surface area (Å²) in [6, 6.07) is 0.883. The Morgan fingerprint density at radius 1 is 1.36 bits per heavy atom. The summed E-state index contributed by atoms with van der Waals surface area (Å²) in [5, 5.41) is 0. The molecular formula is C13H23N. The first-order chi connectivity index (χ1) is 6.81. The Bertz CT molecular complexity index is 209. The molecule has 1 heterocycles. The van der Waals surface area contributed by atoms with Crippen LogP contribution in [0.2, 0.25) is 0 Å². The van der Waals surface area contributed by atoms with E-state index in [1.807, 2.05) is 0 Å². The predicted octanol–water partition coefficient (Wildman–Crippen LogP) is 3.07. The second-order valence-corrected chi connectivity index (χ2v) is 5.03. The van der Waals surface area contributed by atoms with Gasteiger partial charge in [0.15, 0.2) is 0 Å². The van der Waals surface area contributed by atoms with Crippen LogP contribution in [0.15, 0.2) is 12.2 Å². The van der Waals surface area contributed by atoms with Gasteiger partial charge >= 0.3 is 0 Å². The first-order valence-electron chi connectivity index (χ1n) is 6.22. The van der Waals surface area contributed by atoms with Gasteiger partial charge in [0.2, 0.25) is 0 Å². The fourth-order valence-corrected chi connectivity index (χ4v) is 3.03. The zero-order valence-corrected chi connectivity index (χ0v) is 9.58. The summed E-state index contributed by atoms with van der Waals surface area (Å²) in [5.41, 5.74) is 0. The van der Waals surface area contributed by atoms with E-state index < -0.39 is 0 Å². The maximum atomic E-state index is 2.71. The van der Waals surface area contributed by atoms with Crippen molar-refractivity contribution in [3.05, 3.63) is 12.2 Å². The van der Waals surface area contributed by atoms with E-state index in [0.29, 0.717) is 0 Å². The summed E-state index contributed by atoms with van der Waals surface area (Å²) in [6.07, 6.45) is 10.4. The van der Waals surface area contributed by atoms with Crippen LogP contribution in [0.4, 0.5) is 0 Å². The molecule has 3 unspecified atom stereocenters. The average molecular weight is 193 g/mol. The number of rotatable bonds is 2. The minimum absolute atomic E-state index is 0.816. The number of hydrogen-bond donors (Lipinski definition) is 0. The molecule has 0 radical (unpaired) electrons. The van der Waals surface area contributed by atoms with Gasteiger partial charge in [-0.15, -0.1) is 0 Å². The highest BCUT2D eigenvalue weighted by molar-refractivity contribution is 4.99. The van der Waals surface area contributed by atoms with Gasteiger partial charge in [-0.1, -0.05) is 32.4 Å². The molecule has 1 aliphatic carbocycles. The number of nitrogens with zero attached hydrogens (tertiary/aromatic N) is 1. The van der Waals surface area contributed by atoms with E-state index in [4.69, 9.17) is 0 Å². The zero-order valence-electron chi connectivity index (χ0n) is 9.58. The quantitative estimate of drug-likeness (QED) is 0.609. The van der Waals surface area contributed by atoms with E-state index in [2.05, 4.69) is 30.9 Å². The fraction of sp³-hybridized carbons (Fsp3) is 0.846. The van der Waals surface area contributed by atoms with E-state index >= 15 is 0 Å². The second kappa shape index (κ2) is 4.48. The minimum atomic E-state index is 0.816. The van der Waals surface area contributed by atoms with Gasteiger partial charge in [0.25, 0.3) is 0 Å². The van der Waals surface area contributed by atoms with Gasteiger partial charge in [-0.2, -0.15) is 0 Å². The molecule has 0 saturated heterocycles. The van der Waals surface area contributed by atoms with Crippen LogP contribution in [0.25, 0.3) is 0 Å². The Hall–Kier alpha value is -0.300. The van der Waals surface area contributed by atoms with Gasteiger partial charge in [0.1, 0.15) is 0 Å². The second-order valence-electron chi connectivity index (χ2n) is 5.03. The standard InChI is InChI=1S/C13H23N/c1-3-12-7-5-9-14(10-12)13-8-4-6-11(13)2/h5,7,11-13H,3-4,6,8-10H2,1-2H3. The molecule has 2 aliphatic rings. The van der Waals surface area contributed by atoms with Crippen LogP contribution in [0.5, 0.6) is 0 Å². The molecular weight excluding hydrogens is 170 g/mol. The molecule has 14 heavy (non-hydrogen) atoms. The normalized spacial score (nSPS) is 39.1. The van der Waals surface area contributed by atoms with Gasteiger partial charge in [-0.05, 0) is 31.1 Å². The third kappa shape index (κ3) is 2.03. The third-order valence-corrected chi connectivity index (χ3v) is 4.03. The molecule has 1 heteroatoms. The molecule has 0 N–H and O–H groups in total. The van der Waals surface area contributed by atoms with Crippen molar-refractivity contribution in [2.75, 3.05) is 13.1 Å². The number of hydrogen-bond acceptors (Lipinski definition) is 1. The Kier molecular flexibility index (Phi) is 3.27. The van der Waals surface area contributed by atoms with Crippen molar-refractivity contribution in [2.24, 2.45) is 11.8 Å². The van der Waals surface area contributed by atoms with E-state index in [1.165, 1.54) is 38.8 Å². The maximum Gasteiger partial charge on any atom is 0.0166 e. The third-order valence-electron chi connectivity index (χ3n) is 4.03. The first kappa shape index (κ1) is 10.2. The van der Waals surface area contributed by atoms with E-state index in [0.717, 1.165) is 17.9 Å². The van der Waals surface area contributed by atoms with Gasteiger partial charge in [0, 0.05) is 19.1 Å². The van der Waals surface area contributed by atoms with Crippen molar-refractivity contribution >= 4 is 0 Å². The van der Waals surface area contributed by atoms with Crippen molar-refractivity contribution < 1.29 is 0 Å². The van der Waals surface area contributed by atoms with Crippen LogP contribution < -0.4 is 0 Å². The maximum absolute atomic E-state index is 2.71. The lowest BCUT2D eigenvalue weighted by Crippen LogP contribution is -2.41. The lowest BCUT2D eigenvalue weighted by atomic mass is 9.97. The molecule has 0 spiro atoms. The SMILES string of the molecule is CCC1C=CCN(C2CCCC2C)C1. The summed E-state index contributed by atoms with van der Waals surface area (Å²) in [4.78, 5) is 2.71. The van der Waals surface area contributed by atoms with Gasteiger partial charge < -0.3 is 0 Å². The first-order valence-corrected chi connectivity index (χ1v) is 6.22. The Morgan fingerprint density at radius 2 is 2.21 bits per heavy atom. The Labute approximate surface area is 88.2 Å². The van der Waals surface area contributed by atoms with Crippen LogP contribution in [0, 0.1) is 11.8 Å². The Morgan fingerprint density at radius 3 is 2.86 bits per heavy atom. The molecule has 0 amide bonds. The van der Waals surface area contributed by atoms with E-state index in [1.54, 1.807) is 0 Å². The molecule has 0 aromatic carbocycles. The molecule has 3 atom stereocenters. The fourth-order valence-electron chi connectivity index (χ4n) is 3.03. The van der Waals surface area contributed by atoms with Gasteiger partial charge in [0.05, 0.1) is 0 Å². The summed E-state index contributed by atoms with van der Waals surface area (Å²) in [7, 11) is 0. The molecule has 1 fully saturated rings. The van der Waals surface area contributed by atoms with Crippen LogP contribution >= 0.6 is 0 Å². The smallest absolute Gasteiger partial charge is 0.0166 e. The predicted molar refractivity (Wildman–Crippen MR) is 61.3 cm³/mol. The lowest BCUT2D eigenvalue weighted by molar-refractivity contribution is 0.158. The zero-order chi connectivity index (χ0) is 9.97. The van der Waals surface area contributed by atoms with Gasteiger partial charge in [-0.25, -0.2) is 0 Å². The van der Waals surface area contributed by atoms with Crippen molar-refractivity contribution in [1.29, 1.82) is 0 Å². The topological polar surface area (TPSA) is 3.24 Å². The Balaban J connectivity index is 1.95. The summed E-state index contributed by atoms with van der Waals surface area (Å²) in [6.45, 7) is 7.24. The molecule has 2 rings (SSSR count). The van der Waals surface area contributed by atoms with Crippen LogP contribution in [-0.4, -0.2) is 24.0 Å². The van der Waals surface area contributed by atoms with Gasteiger partial charge in [-0.3, -0.25) is 4.90 Å². The molecule has 0 bridgehead atoms. The van der Waals surface area contributed by atoms with Crippen molar-refractivity contribution in [1.82, 2.24) is 4.90 Å². The largest absolute Gasteiger partial charge is 0.296 e. The highest BCUT2D eigenvalue weighted by Crippen LogP contribution is 2.31. The molecule has 80 valence electrons. The van der Waals surface area contributed by atoms with E-state index in [-0.39, 0.29) is 0 Å². The molecule has 0 aromatic rings. The lowest BCUT2D eigenvalue weighted by Gasteiger charge is -2.35. The van der Waals surface area contributed by atoms with Crippen molar-refractivity contribution in [3.63, 3.8) is 0 Å². The summed E-state index contributed by atoms with van der Waals surface area (Å²) in [5.74, 6) is 1.75. The highest BCUT2D eigenvalue weighted by atomic mass is 15.2. The van der Waals surface area contributed by atoms with Crippen LogP contribution in [0.1, 0.15) is 39.5 Å². The minimum Gasteiger partial charge on any atom is -0.296 e. The monoisotopic (exact) mass is 193 g/mol. The van der Waals surface area contributed by atoms with Crippen LogP contribution in [-0.2, 0) is 0 Å². The molecule has 1 nitrogen and oxygen atoms in total.